The Morgan fingerprint density at radius 2 is 1.73 bits per heavy atom. The van der Waals surface area contributed by atoms with E-state index in [9.17, 15) is 0 Å². The van der Waals surface area contributed by atoms with Gasteiger partial charge in [-0.1, -0.05) is 24.3 Å². The van der Waals surface area contributed by atoms with E-state index in [0.29, 0.717) is 0 Å². The molecule has 0 unspecified atom stereocenters. The van der Waals surface area contributed by atoms with Crippen molar-refractivity contribution in [1.29, 1.82) is 5.26 Å². The average Bonchev–Trinajstić information content (AvgIpc) is 2.83. The number of anilines is 1. The van der Waals surface area contributed by atoms with Gasteiger partial charge in [-0.3, -0.25) is 9.80 Å². The summed E-state index contributed by atoms with van der Waals surface area (Å²) >= 11 is 0. The fourth-order valence-electron chi connectivity index (χ4n) is 4.24. The van der Waals surface area contributed by atoms with Gasteiger partial charge in [0, 0.05) is 44.7 Å². The minimum Gasteiger partial charge on any atom is -0.369 e. The highest BCUT2D eigenvalue weighted by molar-refractivity contribution is 5.88. The molecule has 172 valence electrons. The molecule has 0 radical (unpaired) electrons. The zero-order valence-corrected chi connectivity index (χ0v) is 19.7. The van der Waals surface area contributed by atoms with Crippen molar-refractivity contribution in [1.82, 2.24) is 24.7 Å². The lowest BCUT2D eigenvalue weighted by atomic mass is 10.1. The number of hydrogen-bond donors (Lipinski definition) is 1. The Balaban J connectivity index is 1.36. The van der Waals surface area contributed by atoms with Gasteiger partial charge in [-0.15, -0.1) is 0 Å². The number of nitriles is 1. The third-order valence-corrected chi connectivity index (χ3v) is 6.02. The van der Waals surface area contributed by atoms with E-state index in [-0.39, 0.29) is 0 Å². The standard InChI is InChI=1S/C26H33N7/c1-31(2)12-6-11-28-26-23-9-3-4-10-24(23)29-25(30-26)20-33-15-13-32(14-16-33)19-22-8-5-7-21(17-22)18-27/h3-5,7-10,17H,6,11-16,19-20H2,1-2H3,(H,28,29,30). The van der Waals surface area contributed by atoms with Crippen LogP contribution in [0.15, 0.2) is 48.5 Å². The number of para-hydroxylation sites is 1. The molecule has 3 aromatic rings. The van der Waals surface area contributed by atoms with Gasteiger partial charge >= 0.3 is 0 Å². The molecule has 0 aliphatic carbocycles. The molecule has 1 fully saturated rings. The van der Waals surface area contributed by atoms with Crippen molar-refractivity contribution in [3.05, 3.63) is 65.5 Å². The van der Waals surface area contributed by atoms with E-state index in [1.165, 1.54) is 5.56 Å². The van der Waals surface area contributed by atoms with Gasteiger partial charge in [0.1, 0.15) is 11.6 Å². The fraction of sp³-hybridized carbons (Fsp3) is 0.423. The molecule has 0 atom stereocenters. The second-order valence-corrected chi connectivity index (χ2v) is 8.95. The van der Waals surface area contributed by atoms with Crippen LogP contribution in [0.5, 0.6) is 0 Å². The van der Waals surface area contributed by atoms with Crippen LogP contribution in [0.3, 0.4) is 0 Å². The van der Waals surface area contributed by atoms with Gasteiger partial charge in [0.2, 0.25) is 0 Å². The third kappa shape index (κ3) is 6.48. The summed E-state index contributed by atoms with van der Waals surface area (Å²) < 4.78 is 0. The van der Waals surface area contributed by atoms with E-state index in [2.05, 4.69) is 58.4 Å². The lowest BCUT2D eigenvalue weighted by Gasteiger charge is -2.34. The second-order valence-electron chi connectivity index (χ2n) is 8.95. The van der Waals surface area contributed by atoms with Crippen LogP contribution in [-0.2, 0) is 13.1 Å². The van der Waals surface area contributed by atoms with Crippen molar-refractivity contribution in [2.75, 3.05) is 58.7 Å². The molecular formula is C26H33N7. The van der Waals surface area contributed by atoms with Crippen LogP contribution >= 0.6 is 0 Å². The first-order chi connectivity index (χ1) is 16.1. The molecule has 1 aromatic heterocycles. The van der Waals surface area contributed by atoms with Gasteiger partial charge in [0.05, 0.1) is 23.7 Å². The molecule has 1 aliphatic rings. The van der Waals surface area contributed by atoms with Crippen molar-refractivity contribution in [2.45, 2.75) is 19.5 Å². The molecule has 2 aromatic carbocycles. The molecule has 4 rings (SSSR count). The Bertz CT molecular complexity index is 1100. The summed E-state index contributed by atoms with van der Waals surface area (Å²) in [7, 11) is 4.20. The van der Waals surface area contributed by atoms with E-state index < -0.39 is 0 Å². The van der Waals surface area contributed by atoms with Crippen LogP contribution in [-0.4, -0.2) is 78.0 Å². The highest BCUT2D eigenvalue weighted by atomic mass is 15.3. The highest BCUT2D eigenvalue weighted by Crippen LogP contribution is 2.21. The Hall–Kier alpha value is -3.05. The van der Waals surface area contributed by atoms with Gasteiger partial charge in [-0.2, -0.15) is 5.26 Å². The number of nitrogens with one attached hydrogen (secondary N) is 1. The lowest BCUT2D eigenvalue weighted by Crippen LogP contribution is -2.45. The van der Waals surface area contributed by atoms with Crippen LogP contribution in [0.2, 0.25) is 0 Å². The van der Waals surface area contributed by atoms with E-state index >= 15 is 0 Å². The predicted octanol–water partition coefficient (Wildman–Crippen LogP) is 3.18. The molecular weight excluding hydrogens is 410 g/mol. The van der Waals surface area contributed by atoms with Crippen molar-refractivity contribution in [2.24, 2.45) is 0 Å². The number of hydrogen-bond acceptors (Lipinski definition) is 7. The number of benzene rings is 2. The topological polar surface area (TPSA) is 71.3 Å². The van der Waals surface area contributed by atoms with Gasteiger partial charge in [-0.05, 0) is 56.9 Å². The van der Waals surface area contributed by atoms with Gasteiger partial charge in [-0.25, -0.2) is 9.97 Å². The summed E-state index contributed by atoms with van der Waals surface area (Å²) in [5.41, 5.74) is 2.92. The Morgan fingerprint density at radius 3 is 2.48 bits per heavy atom. The maximum Gasteiger partial charge on any atom is 0.145 e. The minimum atomic E-state index is 0.728. The molecule has 0 bridgehead atoms. The van der Waals surface area contributed by atoms with Crippen molar-refractivity contribution in [3.8, 4) is 6.07 Å². The zero-order valence-electron chi connectivity index (χ0n) is 19.7. The molecule has 7 nitrogen and oxygen atoms in total. The quantitative estimate of drug-likeness (QED) is 0.509. The van der Waals surface area contributed by atoms with Crippen LogP contribution in [0.4, 0.5) is 5.82 Å². The van der Waals surface area contributed by atoms with E-state index in [1.54, 1.807) is 0 Å². The summed E-state index contributed by atoms with van der Waals surface area (Å²) in [4.78, 5) is 16.8. The van der Waals surface area contributed by atoms with E-state index in [1.807, 2.05) is 30.3 Å². The van der Waals surface area contributed by atoms with Crippen molar-refractivity contribution >= 4 is 16.7 Å². The second kappa shape index (κ2) is 11.2. The number of nitrogens with zero attached hydrogens (tertiary/aromatic N) is 6. The maximum absolute atomic E-state index is 9.12. The number of fused-ring (bicyclic) bond motifs is 1. The van der Waals surface area contributed by atoms with Gasteiger partial charge < -0.3 is 10.2 Å². The first-order valence-electron chi connectivity index (χ1n) is 11.7. The first kappa shape index (κ1) is 23.1. The maximum atomic E-state index is 9.12. The molecule has 1 N–H and O–H groups in total. The van der Waals surface area contributed by atoms with E-state index in [0.717, 1.165) is 86.9 Å². The smallest absolute Gasteiger partial charge is 0.145 e. The minimum absolute atomic E-state index is 0.728. The molecule has 1 saturated heterocycles. The third-order valence-electron chi connectivity index (χ3n) is 6.02. The Kier molecular flexibility index (Phi) is 7.84. The van der Waals surface area contributed by atoms with Crippen LogP contribution < -0.4 is 5.32 Å². The summed E-state index contributed by atoms with van der Waals surface area (Å²) in [6.45, 7) is 7.56. The number of aromatic nitrogens is 2. The fourth-order valence-corrected chi connectivity index (χ4v) is 4.24. The summed E-state index contributed by atoms with van der Waals surface area (Å²) in [6, 6.07) is 18.4. The Labute approximate surface area is 196 Å². The first-order valence-corrected chi connectivity index (χ1v) is 11.7. The summed E-state index contributed by atoms with van der Waals surface area (Å²) in [5, 5.41) is 13.7. The Morgan fingerprint density at radius 1 is 0.970 bits per heavy atom. The van der Waals surface area contributed by atoms with E-state index in [4.69, 9.17) is 15.2 Å². The predicted molar refractivity (Wildman–Crippen MR) is 133 cm³/mol. The van der Waals surface area contributed by atoms with Crippen molar-refractivity contribution in [3.63, 3.8) is 0 Å². The van der Waals surface area contributed by atoms with Crippen LogP contribution in [0.25, 0.3) is 10.9 Å². The molecule has 7 heteroatoms. The lowest BCUT2D eigenvalue weighted by molar-refractivity contribution is 0.120. The summed E-state index contributed by atoms with van der Waals surface area (Å²) in [5.74, 6) is 1.81. The molecule has 0 saturated carbocycles. The molecule has 1 aliphatic heterocycles. The SMILES string of the molecule is CN(C)CCCNc1nc(CN2CCN(Cc3cccc(C#N)c3)CC2)nc2ccccc12. The van der Waals surface area contributed by atoms with Crippen LogP contribution in [0, 0.1) is 11.3 Å². The number of piperazine rings is 1. The average molecular weight is 444 g/mol. The molecule has 33 heavy (non-hydrogen) atoms. The summed E-state index contributed by atoms with van der Waals surface area (Å²) in [6.07, 6.45) is 1.07. The highest BCUT2D eigenvalue weighted by Gasteiger charge is 2.19. The molecule has 0 amide bonds. The van der Waals surface area contributed by atoms with Gasteiger partial charge in [0.15, 0.2) is 0 Å². The van der Waals surface area contributed by atoms with Crippen LogP contribution in [0.1, 0.15) is 23.4 Å². The normalized spacial score (nSPS) is 15.1. The number of rotatable bonds is 9. The molecule has 2 heterocycles. The van der Waals surface area contributed by atoms with Gasteiger partial charge in [0.25, 0.3) is 0 Å². The zero-order chi connectivity index (χ0) is 23.0. The monoisotopic (exact) mass is 443 g/mol. The molecule has 0 spiro atoms. The van der Waals surface area contributed by atoms with Crippen molar-refractivity contribution < 1.29 is 0 Å². The largest absolute Gasteiger partial charge is 0.369 e.